The van der Waals surface area contributed by atoms with Crippen molar-refractivity contribution in [3.8, 4) is 11.5 Å². The first kappa shape index (κ1) is 14.0. The molecule has 1 aromatic carbocycles. The lowest BCUT2D eigenvalue weighted by atomic mass is 10.1. The lowest BCUT2D eigenvalue weighted by molar-refractivity contribution is -0.122. The zero-order valence-electron chi connectivity index (χ0n) is 12.7. The minimum atomic E-state index is -0.157. The number of aromatic nitrogens is 4. The van der Waals surface area contributed by atoms with Crippen molar-refractivity contribution in [2.24, 2.45) is 0 Å². The molecule has 120 valence electrons. The summed E-state index contributed by atoms with van der Waals surface area (Å²) >= 11 is 0. The number of fused-ring (bicyclic) bond motifs is 1. The fraction of sp³-hybridized carbons (Fsp3) is 0.467. The van der Waals surface area contributed by atoms with E-state index in [4.69, 9.17) is 9.47 Å². The van der Waals surface area contributed by atoms with Crippen LogP contribution in [0.3, 0.4) is 0 Å². The van der Waals surface area contributed by atoms with E-state index in [1.54, 1.807) is 0 Å². The topological polar surface area (TPSA) is 91.2 Å². The van der Waals surface area contributed by atoms with Crippen molar-refractivity contribution in [3.63, 3.8) is 0 Å². The van der Waals surface area contributed by atoms with Crippen LogP contribution in [-0.2, 0) is 11.3 Å². The summed E-state index contributed by atoms with van der Waals surface area (Å²) in [6, 6.07) is 5.49. The van der Waals surface area contributed by atoms with Crippen LogP contribution in [0.2, 0.25) is 0 Å². The number of ether oxygens (including phenoxy) is 2. The molecule has 0 radical (unpaired) electrons. The second-order valence-electron chi connectivity index (χ2n) is 5.85. The van der Waals surface area contributed by atoms with Gasteiger partial charge in [0.15, 0.2) is 17.3 Å². The molecule has 0 unspecified atom stereocenters. The van der Waals surface area contributed by atoms with Gasteiger partial charge in [0, 0.05) is 5.92 Å². The Morgan fingerprint density at radius 1 is 1.39 bits per heavy atom. The molecule has 1 atom stereocenters. The first-order chi connectivity index (χ1) is 11.2. The van der Waals surface area contributed by atoms with Crippen LogP contribution in [0.15, 0.2) is 18.2 Å². The molecule has 2 aliphatic rings. The van der Waals surface area contributed by atoms with Crippen molar-refractivity contribution < 1.29 is 14.3 Å². The van der Waals surface area contributed by atoms with E-state index in [0.29, 0.717) is 11.7 Å². The molecule has 1 fully saturated rings. The molecule has 1 aliphatic carbocycles. The Balaban J connectivity index is 1.37. The van der Waals surface area contributed by atoms with E-state index >= 15 is 0 Å². The summed E-state index contributed by atoms with van der Waals surface area (Å²) in [4.78, 5) is 13.5. The average molecular weight is 315 g/mol. The van der Waals surface area contributed by atoms with Gasteiger partial charge in [-0.25, -0.2) is 0 Å². The molecular formula is C15H17N5O3. The summed E-state index contributed by atoms with van der Waals surface area (Å²) < 4.78 is 10.6. The molecule has 8 heteroatoms. The maximum absolute atomic E-state index is 12.1. The molecule has 23 heavy (non-hydrogen) atoms. The van der Waals surface area contributed by atoms with E-state index in [2.05, 4.69) is 20.7 Å². The third-order valence-corrected chi connectivity index (χ3v) is 3.97. The van der Waals surface area contributed by atoms with Crippen molar-refractivity contribution in [2.75, 3.05) is 6.79 Å². The highest BCUT2D eigenvalue weighted by Crippen LogP contribution is 2.37. The second kappa shape index (κ2) is 5.53. The third kappa shape index (κ3) is 2.96. The Morgan fingerprint density at radius 2 is 2.22 bits per heavy atom. The Morgan fingerprint density at radius 3 is 3.04 bits per heavy atom. The Bertz CT molecular complexity index is 740. The van der Waals surface area contributed by atoms with E-state index in [9.17, 15) is 4.79 Å². The molecular weight excluding hydrogens is 298 g/mol. The minimum Gasteiger partial charge on any atom is -0.454 e. The van der Waals surface area contributed by atoms with Crippen molar-refractivity contribution >= 4 is 5.91 Å². The highest BCUT2D eigenvalue weighted by Gasteiger charge is 2.28. The van der Waals surface area contributed by atoms with Gasteiger partial charge in [0.1, 0.15) is 6.54 Å². The Kier molecular flexibility index (Phi) is 3.36. The molecule has 1 saturated carbocycles. The smallest absolute Gasteiger partial charge is 0.244 e. The molecule has 0 bridgehead atoms. The monoisotopic (exact) mass is 315 g/mol. The molecule has 1 amide bonds. The van der Waals surface area contributed by atoms with Crippen LogP contribution in [0.25, 0.3) is 0 Å². The molecule has 2 heterocycles. The first-order valence-electron chi connectivity index (χ1n) is 7.65. The summed E-state index contributed by atoms with van der Waals surface area (Å²) in [6.07, 6.45) is 2.22. The van der Waals surface area contributed by atoms with Gasteiger partial charge in [0.2, 0.25) is 12.7 Å². The second-order valence-corrected chi connectivity index (χ2v) is 5.85. The van der Waals surface area contributed by atoms with Crippen LogP contribution in [-0.4, -0.2) is 32.9 Å². The zero-order chi connectivity index (χ0) is 15.8. The zero-order valence-corrected chi connectivity index (χ0v) is 12.7. The standard InChI is InChI=1S/C15H17N5O3/c1-9(11-4-5-12-13(6-11)23-8-22-12)16-14(21)7-20-18-15(17-19-20)10-2-3-10/h4-6,9-10H,2-3,7-8H2,1H3,(H,16,21)/t9-/m0/s1. The maximum atomic E-state index is 12.1. The minimum absolute atomic E-state index is 0.0641. The lowest BCUT2D eigenvalue weighted by Gasteiger charge is -2.14. The van der Waals surface area contributed by atoms with Crippen LogP contribution in [0.1, 0.15) is 43.1 Å². The van der Waals surface area contributed by atoms with Crippen LogP contribution < -0.4 is 14.8 Å². The van der Waals surface area contributed by atoms with Gasteiger partial charge in [-0.1, -0.05) is 6.07 Å². The molecule has 1 N–H and O–H groups in total. The van der Waals surface area contributed by atoms with Gasteiger partial charge in [0.05, 0.1) is 6.04 Å². The summed E-state index contributed by atoms with van der Waals surface area (Å²) in [6.45, 7) is 2.22. The number of hydrogen-bond donors (Lipinski definition) is 1. The number of hydrogen-bond acceptors (Lipinski definition) is 6. The molecule has 2 aromatic rings. The van der Waals surface area contributed by atoms with Gasteiger partial charge in [0.25, 0.3) is 0 Å². The van der Waals surface area contributed by atoms with Crippen molar-refractivity contribution in [1.29, 1.82) is 0 Å². The maximum Gasteiger partial charge on any atom is 0.244 e. The normalized spacial score (nSPS) is 17.1. The number of tetrazole rings is 1. The van der Waals surface area contributed by atoms with Gasteiger partial charge in [-0.05, 0) is 42.7 Å². The van der Waals surface area contributed by atoms with Crippen molar-refractivity contribution in [2.45, 2.75) is 38.3 Å². The number of benzene rings is 1. The summed E-state index contributed by atoms with van der Waals surface area (Å²) in [5.74, 6) is 2.44. The largest absolute Gasteiger partial charge is 0.454 e. The van der Waals surface area contributed by atoms with Gasteiger partial charge >= 0.3 is 0 Å². The van der Waals surface area contributed by atoms with Gasteiger partial charge in [-0.3, -0.25) is 4.79 Å². The number of carbonyl (C=O) groups excluding carboxylic acids is 1. The van der Waals surface area contributed by atoms with Gasteiger partial charge in [-0.15, -0.1) is 10.2 Å². The summed E-state index contributed by atoms with van der Waals surface area (Å²) in [5, 5.41) is 15.1. The number of nitrogens with zero attached hydrogens (tertiary/aromatic N) is 4. The molecule has 8 nitrogen and oxygen atoms in total. The molecule has 0 saturated heterocycles. The fourth-order valence-electron chi connectivity index (χ4n) is 2.51. The third-order valence-electron chi connectivity index (χ3n) is 3.97. The molecule has 0 spiro atoms. The number of nitrogens with one attached hydrogen (secondary N) is 1. The van der Waals surface area contributed by atoms with E-state index in [0.717, 1.165) is 30.0 Å². The number of amides is 1. The predicted molar refractivity (Wildman–Crippen MR) is 78.9 cm³/mol. The predicted octanol–water partition coefficient (Wildman–Crippen LogP) is 1.16. The molecule has 1 aromatic heterocycles. The average Bonchev–Trinajstić information content (AvgIpc) is 3.10. The van der Waals surface area contributed by atoms with Crippen LogP contribution >= 0.6 is 0 Å². The quantitative estimate of drug-likeness (QED) is 0.890. The van der Waals surface area contributed by atoms with E-state index in [1.807, 2.05) is 25.1 Å². The molecule has 1 aliphatic heterocycles. The molecule has 4 rings (SSSR count). The van der Waals surface area contributed by atoms with Crippen molar-refractivity contribution in [3.05, 3.63) is 29.6 Å². The first-order valence-corrected chi connectivity index (χ1v) is 7.65. The van der Waals surface area contributed by atoms with E-state index in [1.165, 1.54) is 4.80 Å². The van der Waals surface area contributed by atoms with Crippen molar-refractivity contribution in [1.82, 2.24) is 25.5 Å². The Hall–Kier alpha value is -2.64. The highest BCUT2D eigenvalue weighted by atomic mass is 16.7. The lowest BCUT2D eigenvalue weighted by Crippen LogP contribution is -2.30. The number of rotatable bonds is 5. The van der Waals surface area contributed by atoms with E-state index < -0.39 is 0 Å². The van der Waals surface area contributed by atoms with Crippen LogP contribution in [0.5, 0.6) is 11.5 Å². The van der Waals surface area contributed by atoms with E-state index in [-0.39, 0.29) is 25.3 Å². The highest BCUT2D eigenvalue weighted by molar-refractivity contribution is 5.76. The summed E-state index contributed by atoms with van der Waals surface area (Å²) in [7, 11) is 0. The SMILES string of the molecule is C[C@H](NC(=O)Cn1nnc(C2CC2)n1)c1ccc2c(c1)OCO2. The Labute approximate surface area is 132 Å². The van der Waals surface area contributed by atoms with Crippen LogP contribution in [0, 0.1) is 0 Å². The number of carbonyl (C=O) groups is 1. The fourth-order valence-corrected chi connectivity index (χ4v) is 2.51. The van der Waals surface area contributed by atoms with Crippen LogP contribution in [0.4, 0.5) is 0 Å². The van der Waals surface area contributed by atoms with Gasteiger partial charge < -0.3 is 14.8 Å². The summed E-state index contributed by atoms with van der Waals surface area (Å²) in [5.41, 5.74) is 0.952. The van der Waals surface area contributed by atoms with Gasteiger partial charge in [-0.2, -0.15) is 4.80 Å².